The molecule has 0 saturated carbocycles. The summed E-state index contributed by atoms with van der Waals surface area (Å²) in [5.41, 5.74) is 0. The second-order valence-corrected chi connectivity index (χ2v) is 4.02. The molecule has 0 aromatic heterocycles. The maximum atomic E-state index is 10.5. The van der Waals surface area contributed by atoms with Crippen LogP contribution in [0.15, 0.2) is 0 Å². The van der Waals surface area contributed by atoms with E-state index in [-0.39, 0.29) is 0 Å². The minimum atomic E-state index is -3.01. The Kier molecular flexibility index (Phi) is 4.64. The molecule has 4 heteroatoms. The molecule has 0 fully saturated rings. The Balaban J connectivity index is 3.21. The van der Waals surface area contributed by atoms with E-state index in [0.717, 1.165) is 25.5 Å². The van der Waals surface area contributed by atoms with Crippen LogP contribution < -0.4 is 4.72 Å². The van der Waals surface area contributed by atoms with Crippen molar-refractivity contribution < 1.29 is 8.42 Å². The molecule has 0 bridgehead atoms. The van der Waals surface area contributed by atoms with Crippen LogP contribution in [0.25, 0.3) is 0 Å². The van der Waals surface area contributed by atoms with Gasteiger partial charge in [-0.3, -0.25) is 0 Å². The lowest BCUT2D eigenvalue weighted by molar-refractivity contribution is 0.591. The van der Waals surface area contributed by atoms with E-state index in [4.69, 9.17) is 0 Å². The van der Waals surface area contributed by atoms with Gasteiger partial charge < -0.3 is 0 Å². The quantitative estimate of drug-likeness (QED) is 0.613. The van der Waals surface area contributed by atoms with Gasteiger partial charge in [-0.05, 0) is 6.42 Å². The molecule has 0 saturated heterocycles. The molecule has 61 valence electrons. The molecule has 0 aromatic carbocycles. The molecule has 0 aliphatic heterocycles. The third-order valence-corrected chi connectivity index (χ3v) is 1.59. The second kappa shape index (κ2) is 4.68. The van der Waals surface area contributed by atoms with Gasteiger partial charge in [-0.1, -0.05) is 19.8 Å². The number of hydrogen-bond acceptors (Lipinski definition) is 2. The number of rotatable bonds is 5. The van der Waals surface area contributed by atoms with Crippen LogP contribution in [0.1, 0.15) is 26.2 Å². The van der Waals surface area contributed by atoms with Gasteiger partial charge in [0.15, 0.2) is 0 Å². The maximum Gasteiger partial charge on any atom is 0.209 e. The van der Waals surface area contributed by atoms with E-state index in [1.54, 1.807) is 6.54 Å². The molecule has 0 amide bonds. The van der Waals surface area contributed by atoms with Gasteiger partial charge in [0.1, 0.15) is 0 Å². The van der Waals surface area contributed by atoms with E-state index in [2.05, 4.69) is 11.6 Å². The third-order valence-electron chi connectivity index (χ3n) is 0.999. The van der Waals surface area contributed by atoms with Gasteiger partial charge in [0, 0.05) is 6.54 Å². The molecule has 1 N–H and O–H groups in total. The number of nitrogens with one attached hydrogen (secondary N) is 1. The van der Waals surface area contributed by atoms with Crippen LogP contribution in [-0.2, 0) is 10.0 Å². The molecule has 0 heterocycles. The van der Waals surface area contributed by atoms with E-state index in [1.165, 1.54) is 0 Å². The van der Waals surface area contributed by atoms with Crippen LogP contribution in [0.3, 0.4) is 0 Å². The van der Waals surface area contributed by atoms with Gasteiger partial charge in [0.25, 0.3) is 0 Å². The van der Waals surface area contributed by atoms with Gasteiger partial charge in [0.05, 0.1) is 6.26 Å². The van der Waals surface area contributed by atoms with E-state index < -0.39 is 10.0 Å². The molecule has 3 nitrogen and oxygen atoms in total. The Morgan fingerprint density at radius 1 is 1.50 bits per heavy atom. The summed E-state index contributed by atoms with van der Waals surface area (Å²) < 4.78 is 23.2. The summed E-state index contributed by atoms with van der Waals surface area (Å²) >= 11 is 0. The number of sulfonamides is 1. The largest absolute Gasteiger partial charge is 0.213 e. The first-order valence-electron chi connectivity index (χ1n) is 3.35. The molecular weight excluding hydrogens is 150 g/mol. The zero-order valence-electron chi connectivity index (χ0n) is 6.42. The van der Waals surface area contributed by atoms with Gasteiger partial charge in [-0.15, -0.1) is 0 Å². The highest BCUT2D eigenvalue weighted by molar-refractivity contribution is 7.88. The van der Waals surface area contributed by atoms with Gasteiger partial charge in [0.2, 0.25) is 10.0 Å². The van der Waals surface area contributed by atoms with Crippen molar-refractivity contribution in [2.75, 3.05) is 6.26 Å². The van der Waals surface area contributed by atoms with Crippen LogP contribution >= 0.6 is 0 Å². The maximum absolute atomic E-state index is 10.5. The normalized spacial score (nSPS) is 11.8. The third kappa shape index (κ3) is 7.91. The number of hydrogen-bond donors (Lipinski definition) is 1. The zero-order valence-corrected chi connectivity index (χ0v) is 7.24. The van der Waals surface area contributed by atoms with Crippen molar-refractivity contribution in [3.63, 3.8) is 0 Å². The molecule has 0 aromatic rings. The summed E-state index contributed by atoms with van der Waals surface area (Å²) in [6, 6.07) is 0. The lowest BCUT2D eigenvalue weighted by atomic mass is 10.3. The second-order valence-electron chi connectivity index (χ2n) is 2.24. The smallest absolute Gasteiger partial charge is 0.209 e. The van der Waals surface area contributed by atoms with E-state index >= 15 is 0 Å². The Hall–Kier alpha value is -0.0900. The van der Waals surface area contributed by atoms with Crippen LogP contribution in [0.4, 0.5) is 0 Å². The lowest BCUT2D eigenvalue weighted by Gasteiger charge is -1.98. The molecule has 0 rings (SSSR count). The van der Waals surface area contributed by atoms with Crippen molar-refractivity contribution >= 4 is 10.0 Å². The van der Waals surface area contributed by atoms with E-state index in [1.807, 2.05) is 0 Å². The standard InChI is InChI=1S/C6H14NO2S/c1-3-4-5-6-7-10(2,8)9/h6-7H,3-5H2,1-2H3. The Morgan fingerprint density at radius 2 is 2.10 bits per heavy atom. The SMILES string of the molecule is CCCC[CH]NS(C)(=O)=O. The van der Waals surface area contributed by atoms with Crippen molar-refractivity contribution in [1.82, 2.24) is 4.72 Å². The van der Waals surface area contributed by atoms with Gasteiger partial charge in [-0.2, -0.15) is 0 Å². The minimum Gasteiger partial charge on any atom is -0.213 e. The highest BCUT2D eigenvalue weighted by atomic mass is 32.2. The first-order valence-corrected chi connectivity index (χ1v) is 5.24. The predicted octanol–water partition coefficient (Wildman–Crippen LogP) is 0.888. The van der Waals surface area contributed by atoms with Crippen molar-refractivity contribution in [1.29, 1.82) is 0 Å². The van der Waals surface area contributed by atoms with Crippen LogP contribution in [0, 0.1) is 6.54 Å². The van der Waals surface area contributed by atoms with Crippen molar-refractivity contribution in [2.45, 2.75) is 26.2 Å². The topological polar surface area (TPSA) is 46.2 Å². The monoisotopic (exact) mass is 164 g/mol. The fourth-order valence-corrected chi connectivity index (χ4v) is 0.937. The highest BCUT2D eigenvalue weighted by Gasteiger charge is 1.97. The summed E-state index contributed by atoms with van der Waals surface area (Å²) in [6.07, 6.45) is 4.07. The predicted molar refractivity (Wildman–Crippen MR) is 41.8 cm³/mol. The molecule has 10 heavy (non-hydrogen) atoms. The average molecular weight is 164 g/mol. The Labute approximate surface area is 62.9 Å². The summed E-state index contributed by atoms with van der Waals surface area (Å²) in [4.78, 5) is 0. The first-order chi connectivity index (χ1) is 4.56. The molecule has 0 atom stereocenters. The lowest BCUT2D eigenvalue weighted by Crippen LogP contribution is -2.18. The fourth-order valence-electron chi connectivity index (χ4n) is 0.516. The molecule has 0 unspecified atom stereocenters. The Bertz CT molecular complexity index is 163. The van der Waals surface area contributed by atoms with Gasteiger partial charge >= 0.3 is 0 Å². The molecule has 0 spiro atoms. The first kappa shape index (κ1) is 9.91. The number of unbranched alkanes of at least 4 members (excludes halogenated alkanes) is 2. The van der Waals surface area contributed by atoms with Crippen LogP contribution in [0.5, 0.6) is 0 Å². The molecular formula is C6H14NO2S. The van der Waals surface area contributed by atoms with Crippen molar-refractivity contribution in [3.05, 3.63) is 6.54 Å². The average Bonchev–Trinajstić information content (AvgIpc) is 1.78. The summed E-state index contributed by atoms with van der Waals surface area (Å²) in [5.74, 6) is 0. The Morgan fingerprint density at radius 3 is 2.50 bits per heavy atom. The summed E-state index contributed by atoms with van der Waals surface area (Å²) in [7, 11) is -3.01. The molecule has 0 aliphatic rings. The van der Waals surface area contributed by atoms with Gasteiger partial charge in [-0.25, -0.2) is 13.1 Å². The van der Waals surface area contributed by atoms with E-state index in [0.29, 0.717) is 0 Å². The zero-order chi connectivity index (χ0) is 8.04. The fraction of sp³-hybridized carbons (Fsp3) is 0.833. The van der Waals surface area contributed by atoms with Crippen LogP contribution in [0.2, 0.25) is 0 Å². The molecule has 1 radical (unpaired) electrons. The van der Waals surface area contributed by atoms with Crippen molar-refractivity contribution in [2.24, 2.45) is 0 Å². The minimum absolute atomic E-state index is 0.809. The summed E-state index contributed by atoms with van der Waals surface area (Å²) in [6.45, 7) is 3.65. The summed E-state index contributed by atoms with van der Waals surface area (Å²) in [5, 5.41) is 0. The van der Waals surface area contributed by atoms with Crippen molar-refractivity contribution in [3.8, 4) is 0 Å². The highest BCUT2D eigenvalue weighted by Crippen LogP contribution is 1.95. The molecule has 0 aliphatic carbocycles. The van der Waals surface area contributed by atoms with Crippen LogP contribution in [-0.4, -0.2) is 14.7 Å². The van der Waals surface area contributed by atoms with E-state index in [9.17, 15) is 8.42 Å².